The summed E-state index contributed by atoms with van der Waals surface area (Å²) in [6.45, 7) is -3.37. The second-order valence-corrected chi connectivity index (χ2v) is 4.35. The van der Waals surface area contributed by atoms with Gasteiger partial charge in [-0.05, 0) is 24.3 Å². The molecule has 8 heteroatoms. The van der Waals surface area contributed by atoms with Gasteiger partial charge in [-0.1, -0.05) is 12.1 Å². The molecule has 0 radical (unpaired) electrons. The SMILES string of the molecule is O=C(CNC(=O)c1ccccc1OC(F)F)Nc1cccnc1. The molecule has 0 fully saturated rings. The summed E-state index contributed by atoms with van der Waals surface area (Å²) in [5, 5.41) is 4.86. The van der Waals surface area contributed by atoms with Gasteiger partial charge in [0.1, 0.15) is 5.75 Å². The van der Waals surface area contributed by atoms with Crippen molar-refractivity contribution in [3.05, 3.63) is 54.4 Å². The van der Waals surface area contributed by atoms with Crippen molar-refractivity contribution >= 4 is 17.5 Å². The number of rotatable bonds is 6. The van der Waals surface area contributed by atoms with Gasteiger partial charge in [0.25, 0.3) is 5.91 Å². The van der Waals surface area contributed by atoms with Crippen LogP contribution in [0.1, 0.15) is 10.4 Å². The second-order valence-electron chi connectivity index (χ2n) is 4.35. The van der Waals surface area contributed by atoms with E-state index in [-0.39, 0.29) is 17.9 Å². The Balaban J connectivity index is 1.93. The Kier molecular flexibility index (Phi) is 5.56. The van der Waals surface area contributed by atoms with E-state index >= 15 is 0 Å². The van der Waals surface area contributed by atoms with Crippen LogP contribution in [-0.4, -0.2) is 30.0 Å². The molecule has 2 rings (SSSR count). The van der Waals surface area contributed by atoms with Crippen molar-refractivity contribution in [2.75, 3.05) is 11.9 Å². The first-order chi connectivity index (χ1) is 11.1. The van der Waals surface area contributed by atoms with Crippen LogP contribution in [0.4, 0.5) is 14.5 Å². The Bertz CT molecular complexity index is 681. The Hall–Kier alpha value is -3.03. The van der Waals surface area contributed by atoms with Crippen LogP contribution in [0.2, 0.25) is 0 Å². The van der Waals surface area contributed by atoms with E-state index in [0.717, 1.165) is 0 Å². The van der Waals surface area contributed by atoms with E-state index < -0.39 is 18.4 Å². The summed E-state index contributed by atoms with van der Waals surface area (Å²) in [7, 11) is 0. The molecule has 0 atom stereocenters. The minimum atomic E-state index is -3.04. The number of hydrogen-bond donors (Lipinski definition) is 2. The number of hydrogen-bond acceptors (Lipinski definition) is 4. The van der Waals surface area contributed by atoms with Crippen LogP contribution in [0.3, 0.4) is 0 Å². The standard InChI is InChI=1S/C15H13F2N3O3/c16-15(17)23-12-6-2-1-5-11(12)14(22)19-9-13(21)20-10-4-3-7-18-8-10/h1-8,15H,9H2,(H,19,22)(H,20,21). The number of carbonyl (C=O) groups excluding carboxylic acids is 2. The van der Waals surface area contributed by atoms with Crippen molar-refractivity contribution in [2.45, 2.75) is 6.61 Å². The van der Waals surface area contributed by atoms with Gasteiger partial charge in [0.15, 0.2) is 0 Å². The van der Waals surface area contributed by atoms with E-state index in [1.54, 1.807) is 18.3 Å². The summed E-state index contributed by atoms with van der Waals surface area (Å²) < 4.78 is 28.9. The van der Waals surface area contributed by atoms with Crippen molar-refractivity contribution in [3.63, 3.8) is 0 Å². The summed E-state index contributed by atoms with van der Waals surface area (Å²) >= 11 is 0. The van der Waals surface area contributed by atoms with Crippen molar-refractivity contribution in [1.82, 2.24) is 10.3 Å². The normalized spacial score (nSPS) is 10.2. The lowest BCUT2D eigenvalue weighted by Gasteiger charge is -2.11. The number of halogens is 2. The Morgan fingerprint density at radius 2 is 1.96 bits per heavy atom. The van der Waals surface area contributed by atoms with Crippen molar-refractivity contribution < 1.29 is 23.1 Å². The van der Waals surface area contributed by atoms with Gasteiger partial charge in [-0.3, -0.25) is 14.6 Å². The molecule has 0 aliphatic heterocycles. The monoisotopic (exact) mass is 321 g/mol. The molecule has 2 N–H and O–H groups in total. The topological polar surface area (TPSA) is 80.3 Å². The predicted molar refractivity (Wildman–Crippen MR) is 78.3 cm³/mol. The number of anilines is 1. The van der Waals surface area contributed by atoms with Crippen LogP contribution in [0.5, 0.6) is 5.75 Å². The zero-order valence-electron chi connectivity index (χ0n) is 11.8. The number of aromatic nitrogens is 1. The third-order valence-electron chi connectivity index (χ3n) is 2.70. The number of alkyl halides is 2. The summed E-state index contributed by atoms with van der Waals surface area (Å²) in [5.41, 5.74) is 0.398. The Labute approximate surface area is 130 Å². The highest BCUT2D eigenvalue weighted by Crippen LogP contribution is 2.19. The zero-order chi connectivity index (χ0) is 16.7. The second kappa shape index (κ2) is 7.83. The predicted octanol–water partition coefficient (Wildman–Crippen LogP) is 2.05. The van der Waals surface area contributed by atoms with Crippen LogP contribution in [-0.2, 0) is 4.79 Å². The van der Waals surface area contributed by atoms with E-state index in [0.29, 0.717) is 5.69 Å². The van der Waals surface area contributed by atoms with Gasteiger partial charge >= 0.3 is 6.61 Å². The Morgan fingerprint density at radius 3 is 2.65 bits per heavy atom. The van der Waals surface area contributed by atoms with Gasteiger partial charge in [-0.2, -0.15) is 8.78 Å². The van der Waals surface area contributed by atoms with Gasteiger partial charge in [0, 0.05) is 6.20 Å². The molecule has 1 aromatic heterocycles. The number of pyridine rings is 1. The smallest absolute Gasteiger partial charge is 0.387 e. The van der Waals surface area contributed by atoms with Gasteiger partial charge in [0.05, 0.1) is 24.0 Å². The van der Waals surface area contributed by atoms with Crippen LogP contribution in [0, 0.1) is 0 Å². The van der Waals surface area contributed by atoms with E-state index in [4.69, 9.17) is 0 Å². The third-order valence-corrected chi connectivity index (χ3v) is 2.70. The highest BCUT2D eigenvalue weighted by atomic mass is 19.3. The molecule has 1 heterocycles. The number of para-hydroxylation sites is 1. The lowest BCUT2D eigenvalue weighted by molar-refractivity contribution is -0.115. The first-order valence-corrected chi connectivity index (χ1v) is 6.58. The van der Waals surface area contributed by atoms with Crippen LogP contribution < -0.4 is 15.4 Å². The minimum absolute atomic E-state index is 0.0815. The largest absolute Gasteiger partial charge is 0.434 e. The molecule has 120 valence electrons. The molecule has 23 heavy (non-hydrogen) atoms. The number of benzene rings is 1. The number of nitrogens with one attached hydrogen (secondary N) is 2. The first kappa shape index (κ1) is 16.3. The molecule has 0 bridgehead atoms. The van der Waals surface area contributed by atoms with Gasteiger partial charge < -0.3 is 15.4 Å². The van der Waals surface area contributed by atoms with Crippen molar-refractivity contribution in [2.24, 2.45) is 0 Å². The molecule has 0 unspecified atom stereocenters. The van der Waals surface area contributed by atoms with E-state index in [1.165, 1.54) is 30.5 Å². The molecule has 0 saturated carbocycles. The number of ether oxygens (including phenoxy) is 1. The maximum absolute atomic E-state index is 12.3. The van der Waals surface area contributed by atoms with E-state index in [9.17, 15) is 18.4 Å². The summed E-state index contributed by atoms with van der Waals surface area (Å²) in [4.78, 5) is 27.5. The Morgan fingerprint density at radius 1 is 1.17 bits per heavy atom. The number of nitrogens with zero attached hydrogens (tertiary/aromatic N) is 1. The third kappa shape index (κ3) is 5.03. The number of amides is 2. The minimum Gasteiger partial charge on any atom is -0.434 e. The number of carbonyl (C=O) groups is 2. The van der Waals surface area contributed by atoms with Crippen LogP contribution >= 0.6 is 0 Å². The lowest BCUT2D eigenvalue weighted by Crippen LogP contribution is -2.33. The highest BCUT2D eigenvalue weighted by molar-refractivity contribution is 6.00. The van der Waals surface area contributed by atoms with E-state index in [1.807, 2.05) is 0 Å². The van der Waals surface area contributed by atoms with Crippen molar-refractivity contribution in [1.29, 1.82) is 0 Å². The molecule has 1 aromatic carbocycles. The van der Waals surface area contributed by atoms with Gasteiger partial charge in [-0.15, -0.1) is 0 Å². The molecule has 0 aliphatic carbocycles. The van der Waals surface area contributed by atoms with Crippen LogP contribution in [0.25, 0.3) is 0 Å². The average molecular weight is 321 g/mol. The molecule has 2 aromatic rings. The molecule has 0 saturated heterocycles. The van der Waals surface area contributed by atoms with Gasteiger partial charge in [-0.25, -0.2) is 0 Å². The van der Waals surface area contributed by atoms with Gasteiger partial charge in [0.2, 0.25) is 5.91 Å². The summed E-state index contributed by atoms with van der Waals surface area (Å²) in [5.74, 6) is -1.42. The molecule has 0 aliphatic rings. The fourth-order valence-corrected chi connectivity index (χ4v) is 1.75. The molecule has 0 spiro atoms. The zero-order valence-corrected chi connectivity index (χ0v) is 11.8. The lowest BCUT2D eigenvalue weighted by atomic mass is 10.2. The summed E-state index contributed by atoms with van der Waals surface area (Å²) in [6.07, 6.45) is 3.00. The fraction of sp³-hybridized carbons (Fsp3) is 0.133. The maximum Gasteiger partial charge on any atom is 0.387 e. The first-order valence-electron chi connectivity index (χ1n) is 6.58. The average Bonchev–Trinajstić information content (AvgIpc) is 2.53. The molecular weight excluding hydrogens is 308 g/mol. The van der Waals surface area contributed by atoms with E-state index in [2.05, 4.69) is 20.4 Å². The molecule has 6 nitrogen and oxygen atoms in total. The maximum atomic E-state index is 12.3. The quantitative estimate of drug-likeness (QED) is 0.853. The highest BCUT2D eigenvalue weighted by Gasteiger charge is 2.15. The molecule has 2 amide bonds. The van der Waals surface area contributed by atoms with Crippen molar-refractivity contribution in [3.8, 4) is 5.75 Å². The van der Waals surface area contributed by atoms with Crippen LogP contribution in [0.15, 0.2) is 48.8 Å². The summed E-state index contributed by atoms with van der Waals surface area (Å²) in [6, 6.07) is 8.82. The fourth-order valence-electron chi connectivity index (χ4n) is 1.75. The molecular formula is C15H13F2N3O3.